The molecule has 1 N–H and O–H groups in total. The van der Waals surface area contributed by atoms with Gasteiger partial charge < -0.3 is 5.11 Å². The van der Waals surface area contributed by atoms with Crippen LogP contribution in [0.5, 0.6) is 0 Å². The summed E-state index contributed by atoms with van der Waals surface area (Å²) in [4.78, 5) is 10.7. The van der Waals surface area contributed by atoms with Gasteiger partial charge in [0.2, 0.25) is 0 Å². The van der Waals surface area contributed by atoms with Crippen LogP contribution in [0, 0.1) is 5.92 Å². The third-order valence-electron chi connectivity index (χ3n) is 1.88. The van der Waals surface area contributed by atoms with Crippen molar-refractivity contribution in [1.29, 1.82) is 0 Å². The lowest BCUT2D eigenvalue weighted by Gasteiger charge is -2.20. The number of rotatable bonds is 0. The highest BCUT2D eigenvalue weighted by molar-refractivity contribution is 5.83. The lowest BCUT2D eigenvalue weighted by molar-refractivity contribution is -0.130. The first-order valence-electron chi connectivity index (χ1n) is 3.41. The van der Waals surface area contributed by atoms with Crippen LogP contribution in [0.1, 0.15) is 26.2 Å². The molecule has 1 aliphatic carbocycles. The van der Waals surface area contributed by atoms with Crippen molar-refractivity contribution >= 4 is 5.78 Å². The number of aliphatic hydroxyl groups excluding tert-OH is 1. The normalized spacial score (nSPS) is 36.9. The Bertz CT molecular complexity index is 120. The van der Waals surface area contributed by atoms with Gasteiger partial charge in [0.05, 0.1) is 0 Å². The second kappa shape index (κ2) is 2.48. The van der Waals surface area contributed by atoms with Gasteiger partial charge in [-0.25, -0.2) is 0 Å². The molecule has 0 aliphatic heterocycles. The molecule has 1 rings (SSSR count). The van der Waals surface area contributed by atoms with Gasteiger partial charge in [-0.15, -0.1) is 0 Å². The molecule has 0 aromatic carbocycles. The summed E-state index contributed by atoms with van der Waals surface area (Å²) in [5.74, 6) is 0.547. The van der Waals surface area contributed by atoms with E-state index in [4.69, 9.17) is 5.11 Å². The number of aliphatic hydroxyl groups is 1. The molecule has 0 heterocycles. The third kappa shape index (κ3) is 1.52. The first kappa shape index (κ1) is 6.75. The largest absolute Gasteiger partial charge is 0.385 e. The van der Waals surface area contributed by atoms with E-state index in [0.717, 1.165) is 6.42 Å². The van der Waals surface area contributed by atoms with Crippen LogP contribution in [-0.2, 0) is 4.79 Å². The van der Waals surface area contributed by atoms with E-state index in [1.54, 1.807) is 0 Å². The quantitative estimate of drug-likeness (QED) is 0.522. The molecule has 0 aromatic heterocycles. The van der Waals surface area contributed by atoms with Crippen molar-refractivity contribution in [3.63, 3.8) is 0 Å². The van der Waals surface area contributed by atoms with Gasteiger partial charge >= 0.3 is 0 Å². The Kier molecular flexibility index (Phi) is 1.86. The highest BCUT2D eigenvalue weighted by Gasteiger charge is 2.23. The predicted molar refractivity (Wildman–Crippen MR) is 34.0 cm³/mol. The summed E-state index contributed by atoms with van der Waals surface area (Å²) in [6.07, 6.45) is 1.53. The number of carbonyl (C=O) groups is 1. The molecule has 0 bridgehead atoms. The Balaban J connectivity index is 2.44. The number of ketones is 1. The average molecular weight is 128 g/mol. The van der Waals surface area contributed by atoms with Crippen LogP contribution in [0.15, 0.2) is 0 Å². The summed E-state index contributed by atoms with van der Waals surface area (Å²) in [5.41, 5.74) is 0. The second-order valence-electron chi connectivity index (χ2n) is 2.86. The molecule has 0 amide bonds. The summed E-state index contributed by atoms with van der Waals surface area (Å²) in [5, 5.41) is 9.00. The molecule has 0 aromatic rings. The average Bonchev–Trinajstić information content (AvgIpc) is 1.80. The van der Waals surface area contributed by atoms with Gasteiger partial charge in [0.1, 0.15) is 6.10 Å². The smallest absolute Gasteiger partial charge is 0.161 e. The number of Topliss-reactive ketones (excluding diaryl/α,β-unsaturated/α-hetero) is 1. The molecule has 0 spiro atoms. The maximum atomic E-state index is 10.7. The number of hydrogen-bond donors (Lipinski definition) is 1. The van der Waals surface area contributed by atoms with E-state index in [9.17, 15) is 4.79 Å². The van der Waals surface area contributed by atoms with Gasteiger partial charge in [-0.3, -0.25) is 4.79 Å². The van der Waals surface area contributed by atoms with E-state index in [0.29, 0.717) is 18.8 Å². The molecule has 0 unspecified atom stereocenters. The second-order valence-corrected chi connectivity index (χ2v) is 2.86. The minimum Gasteiger partial charge on any atom is -0.385 e. The Morgan fingerprint density at radius 3 is 2.78 bits per heavy atom. The molecule has 1 saturated carbocycles. The number of hydrogen-bond acceptors (Lipinski definition) is 2. The van der Waals surface area contributed by atoms with Crippen LogP contribution in [0.25, 0.3) is 0 Å². The Labute approximate surface area is 54.9 Å². The summed E-state index contributed by atoms with van der Waals surface area (Å²) in [7, 11) is 0. The van der Waals surface area contributed by atoms with Crippen molar-refractivity contribution in [1.82, 2.24) is 0 Å². The van der Waals surface area contributed by atoms with Crippen LogP contribution >= 0.6 is 0 Å². The fourth-order valence-electron chi connectivity index (χ4n) is 1.19. The highest BCUT2D eigenvalue weighted by Crippen LogP contribution is 2.20. The van der Waals surface area contributed by atoms with Gasteiger partial charge in [0.25, 0.3) is 0 Å². The first-order chi connectivity index (χ1) is 4.20. The molecule has 1 fully saturated rings. The van der Waals surface area contributed by atoms with Crippen LogP contribution in [-0.4, -0.2) is 17.0 Å². The fourth-order valence-corrected chi connectivity index (χ4v) is 1.19. The zero-order valence-corrected chi connectivity index (χ0v) is 5.63. The molecule has 2 nitrogen and oxygen atoms in total. The molecule has 1 aliphatic rings. The first-order valence-corrected chi connectivity index (χ1v) is 3.41. The van der Waals surface area contributed by atoms with Gasteiger partial charge in [-0.2, -0.15) is 0 Å². The van der Waals surface area contributed by atoms with Gasteiger partial charge in [0.15, 0.2) is 5.78 Å². The predicted octanol–water partition coefficient (Wildman–Crippen LogP) is 0.736. The van der Waals surface area contributed by atoms with E-state index in [-0.39, 0.29) is 5.78 Å². The van der Waals surface area contributed by atoms with Crippen LogP contribution in [0.2, 0.25) is 0 Å². The minimum absolute atomic E-state index is 0.0214. The van der Waals surface area contributed by atoms with Gasteiger partial charge in [-0.05, 0) is 18.8 Å². The standard InChI is InChI=1S/C7H12O2/c1-5-2-3-6(8)7(9)4-5/h5,7,9H,2-4H2,1H3/t5-,7-/m0/s1. The Hall–Kier alpha value is -0.370. The van der Waals surface area contributed by atoms with Crippen molar-refractivity contribution < 1.29 is 9.90 Å². The van der Waals surface area contributed by atoms with Crippen LogP contribution in [0.4, 0.5) is 0 Å². The zero-order valence-electron chi connectivity index (χ0n) is 5.63. The fraction of sp³-hybridized carbons (Fsp3) is 0.857. The maximum Gasteiger partial charge on any atom is 0.161 e. The summed E-state index contributed by atoms with van der Waals surface area (Å²) >= 11 is 0. The minimum atomic E-state index is -0.659. The van der Waals surface area contributed by atoms with E-state index in [1.165, 1.54) is 0 Å². The van der Waals surface area contributed by atoms with Crippen LogP contribution < -0.4 is 0 Å². The van der Waals surface area contributed by atoms with Crippen molar-refractivity contribution in [2.75, 3.05) is 0 Å². The molecule has 0 saturated heterocycles. The van der Waals surface area contributed by atoms with Crippen molar-refractivity contribution in [2.45, 2.75) is 32.3 Å². The third-order valence-corrected chi connectivity index (χ3v) is 1.88. The topological polar surface area (TPSA) is 37.3 Å². The molecule has 2 heteroatoms. The maximum absolute atomic E-state index is 10.7. The van der Waals surface area contributed by atoms with E-state index in [2.05, 4.69) is 6.92 Å². The molecule has 52 valence electrons. The summed E-state index contributed by atoms with van der Waals surface area (Å²) in [6.45, 7) is 2.07. The summed E-state index contributed by atoms with van der Waals surface area (Å²) in [6, 6.07) is 0. The summed E-state index contributed by atoms with van der Waals surface area (Å²) < 4.78 is 0. The van der Waals surface area contributed by atoms with Crippen molar-refractivity contribution in [2.24, 2.45) is 5.92 Å². The highest BCUT2D eigenvalue weighted by atomic mass is 16.3. The lowest BCUT2D eigenvalue weighted by Crippen LogP contribution is -2.27. The molecule has 2 atom stereocenters. The Morgan fingerprint density at radius 1 is 1.67 bits per heavy atom. The van der Waals surface area contributed by atoms with Gasteiger partial charge in [0, 0.05) is 6.42 Å². The molecule has 0 radical (unpaired) electrons. The molecular weight excluding hydrogens is 116 g/mol. The van der Waals surface area contributed by atoms with E-state index >= 15 is 0 Å². The monoisotopic (exact) mass is 128 g/mol. The number of carbonyl (C=O) groups excluding carboxylic acids is 1. The van der Waals surface area contributed by atoms with E-state index in [1.807, 2.05) is 0 Å². The van der Waals surface area contributed by atoms with Gasteiger partial charge in [-0.1, -0.05) is 6.92 Å². The molecular formula is C7H12O2. The SMILES string of the molecule is C[C@H]1CCC(=O)[C@@H](O)C1. The Morgan fingerprint density at radius 2 is 2.33 bits per heavy atom. The van der Waals surface area contributed by atoms with E-state index < -0.39 is 6.10 Å². The van der Waals surface area contributed by atoms with Crippen LogP contribution in [0.3, 0.4) is 0 Å². The zero-order chi connectivity index (χ0) is 6.85. The molecule has 9 heavy (non-hydrogen) atoms. The van der Waals surface area contributed by atoms with Crippen molar-refractivity contribution in [3.05, 3.63) is 0 Å². The van der Waals surface area contributed by atoms with Crippen molar-refractivity contribution in [3.8, 4) is 0 Å². The lowest BCUT2D eigenvalue weighted by atomic mass is 9.88.